The summed E-state index contributed by atoms with van der Waals surface area (Å²) in [5, 5.41) is 3.84. The minimum absolute atomic E-state index is 0.692. The molecule has 1 saturated carbocycles. The van der Waals surface area contributed by atoms with E-state index in [1.807, 2.05) is 0 Å². The van der Waals surface area contributed by atoms with E-state index in [1.54, 1.807) is 0 Å². The van der Waals surface area contributed by atoms with Crippen LogP contribution < -0.4 is 5.32 Å². The largest absolute Gasteiger partial charge is 0.312 e. The lowest BCUT2D eigenvalue weighted by molar-refractivity contribution is 0.180. The highest BCUT2D eigenvalue weighted by Crippen LogP contribution is 2.24. The molecule has 0 bridgehead atoms. The first-order chi connectivity index (χ1) is 8.58. The Labute approximate surface area is 115 Å². The molecule has 1 fully saturated rings. The van der Waals surface area contributed by atoms with Gasteiger partial charge in [0.05, 0.1) is 0 Å². The van der Waals surface area contributed by atoms with Crippen LogP contribution in [0, 0.1) is 11.8 Å². The second-order valence-electron chi connectivity index (χ2n) is 6.48. The number of likely N-dealkylation sites (N-methyl/N-ethyl adjacent to an activating group) is 1. The third-order valence-electron chi connectivity index (χ3n) is 4.81. The SMILES string of the molecule is CCC(CC)C(CNC1CCCC(C)C1)N(C)C. The molecule has 108 valence electrons. The quantitative estimate of drug-likeness (QED) is 0.748. The maximum Gasteiger partial charge on any atom is 0.0242 e. The van der Waals surface area contributed by atoms with Gasteiger partial charge in [-0.05, 0) is 38.8 Å². The highest BCUT2D eigenvalue weighted by Gasteiger charge is 2.23. The first-order valence-electron chi connectivity index (χ1n) is 7.98. The molecule has 0 amide bonds. The summed E-state index contributed by atoms with van der Waals surface area (Å²) in [6.45, 7) is 8.22. The van der Waals surface area contributed by atoms with Crippen molar-refractivity contribution in [2.45, 2.75) is 71.4 Å². The zero-order chi connectivity index (χ0) is 13.5. The molecule has 18 heavy (non-hydrogen) atoms. The van der Waals surface area contributed by atoms with Crippen molar-refractivity contribution in [1.82, 2.24) is 10.2 Å². The summed E-state index contributed by atoms with van der Waals surface area (Å²) in [5.74, 6) is 1.75. The van der Waals surface area contributed by atoms with Gasteiger partial charge in [0.2, 0.25) is 0 Å². The molecular formula is C16H34N2. The fraction of sp³-hybridized carbons (Fsp3) is 1.00. The normalized spacial score (nSPS) is 26.8. The Bertz CT molecular complexity index is 211. The van der Waals surface area contributed by atoms with Gasteiger partial charge >= 0.3 is 0 Å². The van der Waals surface area contributed by atoms with E-state index in [4.69, 9.17) is 0 Å². The van der Waals surface area contributed by atoms with Gasteiger partial charge < -0.3 is 10.2 Å². The zero-order valence-electron chi connectivity index (χ0n) is 13.2. The molecule has 0 aromatic rings. The second kappa shape index (κ2) is 8.16. The molecule has 2 heteroatoms. The summed E-state index contributed by atoms with van der Waals surface area (Å²) in [6, 6.07) is 1.46. The van der Waals surface area contributed by atoms with E-state index < -0.39 is 0 Å². The fourth-order valence-electron chi connectivity index (χ4n) is 3.51. The van der Waals surface area contributed by atoms with Gasteiger partial charge in [-0.25, -0.2) is 0 Å². The second-order valence-corrected chi connectivity index (χ2v) is 6.48. The van der Waals surface area contributed by atoms with Crippen LogP contribution in [0.15, 0.2) is 0 Å². The molecule has 3 unspecified atom stereocenters. The van der Waals surface area contributed by atoms with Gasteiger partial charge in [0, 0.05) is 18.6 Å². The van der Waals surface area contributed by atoms with E-state index in [2.05, 4.69) is 45.1 Å². The van der Waals surface area contributed by atoms with Crippen LogP contribution in [0.2, 0.25) is 0 Å². The Balaban J connectivity index is 2.41. The molecule has 0 aliphatic heterocycles. The Kier molecular flexibility index (Phi) is 7.25. The standard InChI is InChI=1S/C16H34N2/c1-6-14(7-2)16(18(4)5)12-17-15-10-8-9-13(3)11-15/h13-17H,6-12H2,1-5H3. The Morgan fingerprint density at radius 2 is 1.83 bits per heavy atom. The minimum Gasteiger partial charge on any atom is -0.312 e. The summed E-state index contributed by atoms with van der Waals surface area (Å²) in [5.41, 5.74) is 0. The topological polar surface area (TPSA) is 15.3 Å². The van der Waals surface area contributed by atoms with E-state index in [-0.39, 0.29) is 0 Å². The van der Waals surface area contributed by atoms with Gasteiger partial charge in [-0.2, -0.15) is 0 Å². The molecule has 0 heterocycles. The summed E-state index contributed by atoms with van der Waals surface area (Å²) >= 11 is 0. The number of hydrogen-bond acceptors (Lipinski definition) is 2. The Hall–Kier alpha value is -0.0800. The lowest BCUT2D eigenvalue weighted by atomic mass is 9.86. The van der Waals surface area contributed by atoms with Crippen LogP contribution in [-0.4, -0.2) is 37.6 Å². The van der Waals surface area contributed by atoms with Crippen molar-refractivity contribution in [2.75, 3.05) is 20.6 Å². The van der Waals surface area contributed by atoms with Crippen molar-refractivity contribution in [3.63, 3.8) is 0 Å². The first-order valence-corrected chi connectivity index (χ1v) is 7.98. The van der Waals surface area contributed by atoms with Crippen molar-refractivity contribution < 1.29 is 0 Å². The molecule has 0 saturated heterocycles. The molecule has 0 spiro atoms. The summed E-state index contributed by atoms with van der Waals surface area (Å²) in [7, 11) is 4.46. The average molecular weight is 254 g/mol. The smallest absolute Gasteiger partial charge is 0.0242 e. The van der Waals surface area contributed by atoms with Gasteiger partial charge in [0.15, 0.2) is 0 Å². The molecule has 0 aromatic carbocycles. The number of hydrogen-bond donors (Lipinski definition) is 1. The van der Waals surface area contributed by atoms with E-state index in [0.29, 0.717) is 6.04 Å². The first kappa shape index (κ1) is 16.0. The zero-order valence-corrected chi connectivity index (χ0v) is 13.2. The van der Waals surface area contributed by atoms with Gasteiger partial charge in [-0.3, -0.25) is 0 Å². The van der Waals surface area contributed by atoms with Crippen molar-refractivity contribution in [3.8, 4) is 0 Å². The van der Waals surface area contributed by atoms with Crippen LogP contribution in [0.4, 0.5) is 0 Å². The van der Waals surface area contributed by atoms with Gasteiger partial charge in [-0.1, -0.05) is 46.5 Å². The molecule has 1 aliphatic carbocycles. The van der Waals surface area contributed by atoms with E-state index in [0.717, 1.165) is 24.4 Å². The Morgan fingerprint density at radius 1 is 1.17 bits per heavy atom. The van der Waals surface area contributed by atoms with Crippen LogP contribution in [0.3, 0.4) is 0 Å². The van der Waals surface area contributed by atoms with E-state index in [9.17, 15) is 0 Å². The molecule has 3 atom stereocenters. The van der Waals surface area contributed by atoms with Gasteiger partial charge in [0.25, 0.3) is 0 Å². The highest BCUT2D eigenvalue weighted by molar-refractivity contribution is 4.81. The fourth-order valence-corrected chi connectivity index (χ4v) is 3.51. The third kappa shape index (κ3) is 4.89. The molecule has 1 rings (SSSR count). The number of nitrogens with one attached hydrogen (secondary N) is 1. The van der Waals surface area contributed by atoms with Crippen molar-refractivity contribution in [1.29, 1.82) is 0 Å². The summed E-state index contributed by atoms with van der Waals surface area (Å²) in [4.78, 5) is 2.41. The van der Waals surface area contributed by atoms with Crippen LogP contribution in [0.25, 0.3) is 0 Å². The van der Waals surface area contributed by atoms with Crippen LogP contribution in [-0.2, 0) is 0 Å². The van der Waals surface area contributed by atoms with Crippen molar-refractivity contribution in [2.24, 2.45) is 11.8 Å². The van der Waals surface area contributed by atoms with Crippen molar-refractivity contribution in [3.05, 3.63) is 0 Å². The van der Waals surface area contributed by atoms with Crippen molar-refractivity contribution >= 4 is 0 Å². The van der Waals surface area contributed by atoms with Crippen LogP contribution in [0.5, 0.6) is 0 Å². The lowest BCUT2D eigenvalue weighted by Gasteiger charge is -2.35. The predicted molar refractivity (Wildman–Crippen MR) is 81.0 cm³/mol. The van der Waals surface area contributed by atoms with Gasteiger partial charge in [0.1, 0.15) is 0 Å². The molecule has 1 aliphatic rings. The lowest BCUT2D eigenvalue weighted by Crippen LogP contribution is -2.46. The van der Waals surface area contributed by atoms with Gasteiger partial charge in [-0.15, -0.1) is 0 Å². The van der Waals surface area contributed by atoms with E-state index in [1.165, 1.54) is 38.5 Å². The maximum absolute atomic E-state index is 3.84. The van der Waals surface area contributed by atoms with E-state index >= 15 is 0 Å². The summed E-state index contributed by atoms with van der Waals surface area (Å²) < 4.78 is 0. The molecule has 1 N–H and O–H groups in total. The third-order valence-corrected chi connectivity index (χ3v) is 4.81. The Morgan fingerprint density at radius 3 is 2.33 bits per heavy atom. The molecular weight excluding hydrogens is 220 g/mol. The predicted octanol–water partition coefficient (Wildman–Crippen LogP) is 3.52. The molecule has 0 aromatic heterocycles. The number of rotatable bonds is 7. The average Bonchev–Trinajstić information content (AvgIpc) is 2.34. The minimum atomic E-state index is 0.692. The monoisotopic (exact) mass is 254 g/mol. The van der Waals surface area contributed by atoms with Crippen LogP contribution >= 0.6 is 0 Å². The highest BCUT2D eigenvalue weighted by atomic mass is 15.1. The summed E-state index contributed by atoms with van der Waals surface area (Å²) in [6.07, 6.45) is 8.19. The molecule has 0 radical (unpaired) electrons. The maximum atomic E-state index is 3.84. The van der Waals surface area contributed by atoms with Crippen LogP contribution in [0.1, 0.15) is 59.3 Å². The number of nitrogens with zero attached hydrogens (tertiary/aromatic N) is 1. The molecule has 2 nitrogen and oxygen atoms in total.